The molecule has 3 rings (SSSR count). The topological polar surface area (TPSA) is 84.5 Å². The highest BCUT2D eigenvalue weighted by Gasteiger charge is 2.20. The predicted octanol–water partition coefficient (Wildman–Crippen LogP) is 5.04. The summed E-state index contributed by atoms with van der Waals surface area (Å²) in [5.41, 5.74) is 1.56. The van der Waals surface area contributed by atoms with Crippen LogP contribution in [0.5, 0.6) is 0 Å². The van der Waals surface area contributed by atoms with Gasteiger partial charge in [0.05, 0.1) is 12.5 Å². The quantitative estimate of drug-likeness (QED) is 0.311. The molecule has 0 aliphatic carbocycles. The van der Waals surface area contributed by atoms with E-state index in [9.17, 15) is 23.2 Å². The van der Waals surface area contributed by atoms with Gasteiger partial charge < -0.3 is 15.4 Å². The second kappa shape index (κ2) is 12.5. The van der Waals surface area contributed by atoms with Crippen molar-refractivity contribution in [3.63, 3.8) is 0 Å². The molecule has 3 aromatic carbocycles. The van der Waals surface area contributed by atoms with Crippen LogP contribution in [0, 0.1) is 0 Å². The zero-order valence-corrected chi connectivity index (χ0v) is 18.8. The predicted molar refractivity (Wildman–Crippen MR) is 126 cm³/mol. The van der Waals surface area contributed by atoms with E-state index in [1.165, 1.54) is 24.3 Å². The highest BCUT2D eigenvalue weighted by atomic mass is 32.2. The van der Waals surface area contributed by atoms with E-state index in [-0.39, 0.29) is 12.3 Å². The number of rotatable bonds is 10. The van der Waals surface area contributed by atoms with E-state index in [4.69, 9.17) is 4.74 Å². The van der Waals surface area contributed by atoms with Crippen LogP contribution in [0.4, 0.5) is 14.5 Å². The van der Waals surface area contributed by atoms with Crippen molar-refractivity contribution in [2.24, 2.45) is 0 Å². The second-order valence-electron chi connectivity index (χ2n) is 7.12. The smallest absolute Gasteiger partial charge is 0.308 e. The van der Waals surface area contributed by atoms with Gasteiger partial charge in [-0.25, -0.2) is 0 Å². The summed E-state index contributed by atoms with van der Waals surface area (Å²) in [4.78, 5) is 37.5. The highest BCUT2D eigenvalue weighted by molar-refractivity contribution is 7.99. The summed E-state index contributed by atoms with van der Waals surface area (Å²) in [5, 5.41) is 5.36. The van der Waals surface area contributed by atoms with E-state index >= 15 is 0 Å². The molecule has 2 N–H and O–H groups in total. The number of nitrogens with one attached hydrogen (secondary N) is 2. The molecule has 1 atom stereocenters. The van der Waals surface area contributed by atoms with Gasteiger partial charge in [0, 0.05) is 16.1 Å². The van der Waals surface area contributed by atoms with E-state index in [0.29, 0.717) is 27.9 Å². The number of halogens is 2. The van der Waals surface area contributed by atoms with E-state index in [0.717, 1.165) is 5.56 Å². The summed E-state index contributed by atoms with van der Waals surface area (Å²) in [6, 6.07) is 22.8. The molecule has 3 aromatic rings. The van der Waals surface area contributed by atoms with E-state index in [1.807, 2.05) is 6.07 Å². The van der Waals surface area contributed by atoms with Crippen molar-refractivity contribution in [1.82, 2.24) is 5.32 Å². The molecular formula is C25H22F2N2O4S. The van der Waals surface area contributed by atoms with Gasteiger partial charge in [0.1, 0.15) is 0 Å². The maximum absolute atomic E-state index is 12.6. The van der Waals surface area contributed by atoms with Crippen molar-refractivity contribution in [2.75, 3.05) is 11.9 Å². The number of ether oxygens (including phenoxy) is 1. The lowest BCUT2D eigenvalue weighted by Crippen LogP contribution is -2.31. The van der Waals surface area contributed by atoms with Crippen LogP contribution in [-0.2, 0) is 14.3 Å². The molecule has 0 aliphatic rings. The van der Waals surface area contributed by atoms with Gasteiger partial charge in [-0.15, -0.1) is 0 Å². The average Bonchev–Trinajstić information content (AvgIpc) is 2.84. The zero-order chi connectivity index (χ0) is 24.3. The first kappa shape index (κ1) is 24.9. The summed E-state index contributed by atoms with van der Waals surface area (Å²) in [5.74, 6) is -4.11. The van der Waals surface area contributed by atoms with Crippen molar-refractivity contribution >= 4 is 35.2 Å². The Morgan fingerprint density at radius 3 is 2.09 bits per heavy atom. The van der Waals surface area contributed by atoms with Crippen molar-refractivity contribution < 1.29 is 27.9 Å². The minimum Gasteiger partial charge on any atom is -0.455 e. The van der Waals surface area contributed by atoms with Gasteiger partial charge in [-0.3, -0.25) is 14.4 Å². The van der Waals surface area contributed by atoms with Crippen LogP contribution < -0.4 is 10.6 Å². The summed E-state index contributed by atoms with van der Waals surface area (Å²) >= 11 is 0.401. The Morgan fingerprint density at radius 2 is 1.47 bits per heavy atom. The number of amides is 2. The third kappa shape index (κ3) is 8.00. The fourth-order valence-electron chi connectivity index (χ4n) is 3.06. The van der Waals surface area contributed by atoms with Crippen LogP contribution >= 0.6 is 11.8 Å². The van der Waals surface area contributed by atoms with E-state index < -0.39 is 30.3 Å². The summed E-state index contributed by atoms with van der Waals surface area (Å²) in [6.45, 7) is -0.527. The van der Waals surface area contributed by atoms with Gasteiger partial charge in [-0.2, -0.15) is 8.78 Å². The third-order valence-electron chi connectivity index (χ3n) is 4.64. The summed E-state index contributed by atoms with van der Waals surface area (Å²) < 4.78 is 29.9. The molecular weight excluding hydrogens is 462 g/mol. The molecule has 0 saturated carbocycles. The zero-order valence-electron chi connectivity index (χ0n) is 17.9. The number of hydrogen-bond acceptors (Lipinski definition) is 5. The van der Waals surface area contributed by atoms with Crippen LogP contribution in [0.1, 0.15) is 28.4 Å². The standard InChI is InChI=1S/C25H22F2N2O4S/c26-25(27)34-20-13-11-19(12-14-20)28-22(30)16-33-23(31)15-21(17-7-3-1-4-8-17)29-24(32)18-9-5-2-6-10-18/h1-14,21,25H,15-16H2,(H,28,30)(H,29,32). The normalized spacial score (nSPS) is 11.5. The number of alkyl halides is 2. The molecule has 0 heterocycles. The molecule has 0 radical (unpaired) electrons. The van der Waals surface area contributed by atoms with Crippen molar-refractivity contribution in [3.05, 3.63) is 96.1 Å². The van der Waals surface area contributed by atoms with Crippen molar-refractivity contribution in [2.45, 2.75) is 23.1 Å². The Morgan fingerprint density at radius 1 is 0.853 bits per heavy atom. The molecule has 0 bridgehead atoms. The molecule has 1 unspecified atom stereocenters. The van der Waals surface area contributed by atoms with Gasteiger partial charge >= 0.3 is 5.97 Å². The van der Waals surface area contributed by atoms with Gasteiger partial charge in [0.25, 0.3) is 17.6 Å². The lowest BCUT2D eigenvalue weighted by atomic mass is 10.0. The summed E-state index contributed by atoms with van der Waals surface area (Å²) in [7, 11) is 0. The molecule has 34 heavy (non-hydrogen) atoms. The number of esters is 1. The molecule has 2 amide bonds. The van der Waals surface area contributed by atoms with E-state index in [2.05, 4.69) is 10.6 Å². The van der Waals surface area contributed by atoms with E-state index in [1.54, 1.807) is 54.6 Å². The third-order valence-corrected chi connectivity index (χ3v) is 5.36. The molecule has 0 fully saturated rings. The molecule has 0 spiro atoms. The average molecular weight is 485 g/mol. The number of benzene rings is 3. The fraction of sp³-hybridized carbons (Fsp3) is 0.160. The minimum atomic E-state index is -2.53. The fourth-order valence-corrected chi connectivity index (χ4v) is 3.56. The highest BCUT2D eigenvalue weighted by Crippen LogP contribution is 2.26. The number of anilines is 1. The van der Waals surface area contributed by atoms with Crippen LogP contribution in [0.25, 0.3) is 0 Å². The second-order valence-corrected chi connectivity index (χ2v) is 8.18. The molecule has 6 nitrogen and oxygen atoms in total. The summed E-state index contributed by atoms with van der Waals surface area (Å²) in [6.07, 6.45) is -0.171. The van der Waals surface area contributed by atoms with Crippen molar-refractivity contribution in [1.29, 1.82) is 0 Å². The molecule has 0 aliphatic heterocycles. The Labute approximate surface area is 199 Å². The number of thioether (sulfide) groups is 1. The lowest BCUT2D eigenvalue weighted by molar-refractivity contribution is -0.147. The number of carbonyl (C=O) groups excluding carboxylic acids is 3. The lowest BCUT2D eigenvalue weighted by Gasteiger charge is -2.19. The molecule has 0 saturated heterocycles. The van der Waals surface area contributed by atoms with Crippen LogP contribution in [0.15, 0.2) is 89.8 Å². The molecule has 176 valence electrons. The van der Waals surface area contributed by atoms with Crippen LogP contribution in [-0.4, -0.2) is 30.1 Å². The SMILES string of the molecule is O=C(COC(=O)CC(NC(=O)c1ccccc1)c1ccccc1)Nc1ccc(SC(F)F)cc1. The monoisotopic (exact) mass is 484 g/mol. The minimum absolute atomic E-state index is 0.171. The number of hydrogen-bond donors (Lipinski definition) is 2. The Hall–Kier alpha value is -3.72. The van der Waals surface area contributed by atoms with Crippen LogP contribution in [0.2, 0.25) is 0 Å². The Bertz CT molecular complexity index is 1100. The number of carbonyl (C=O) groups is 3. The van der Waals surface area contributed by atoms with Crippen molar-refractivity contribution in [3.8, 4) is 0 Å². The first-order valence-corrected chi connectivity index (χ1v) is 11.2. The van der Waals surface area contributed by atoms with Gasteiger partial charge in [0.15, 0.2) is 6.61 Å². The maximum Gasteiger partial charge on any atom is 0.308 e. The largest absolute Gasteiger partial charge is 0.455 e. The van der Waals surface area contributed by atoms with Gasteiger partial charge in [-0.1, -0.05) is 60.3 Å². The maximum atomic E-state index is 12.6. The first-order valence-electron chi connectivity index (χ1n) is 10.3. The first-order chi connectivity index (χ1) is 16.4. The Balaban J connectivity index is 1.54. The molecule has 0 aromatic heterocycles. The Kier molecular flexibility index (Phi) is 9.16. The van der Waals surface area contributed by atoms with Gasteiger partial charge in [0.2, 0.25) is 0 Å². The molecule has 9 heteroatoms. The van der Waals surface area contributed by atoms with Gasteiger partial charge in [-0.05, 0) is 42.0 Å². The van der Waals surface area contributed by atoms with Crippen LogP contribution in [0.3, 0.4) is 0 Å².